The molecule has 0 aromatic rings. The summed E-state index contributed by atoms with van der Waals surface area (Å²) in [5, 5.41) is 3.10. The van der Waals surface area contributed by atoms with Gasteiger partial charge in [-0.25, -0.2) is 0 Å². The lowest BCUT2D eigenvalue weighted by molar-refractivity contribution is -0.142. The highest BCUT2D eigenvalue weighted by molar-refractivity contribution is 5.71. The van der Waals surface area contributed by atoms with E-state index in [4.69, 9.17) is 4.74 Å². The van der Waals surface area contributed by atoms with E-state index in [1.165, 1.54) is 6.42 Å². The fourth-order valence-electron chi connectivity index (χ4n) is 1.14. The lowest BCUT2D eigenvalue weighted by atomic mass is 10.1. The summed E-state index contributed by atoms with van der Waals surface area (Å²) >= 11 is 0. The van der Waals surface area contributed by atoms with Crippen LogP contribution in [0.1, 0.15) is 26.7 Å². The van der Waals surface area contributed by atoms with Crippen molar-refractivity contribution in [2.45, 2.75) is 26.7 Å². The van der Waals surface area contributed by atoms with Crippen LogP contribution < -0.4 is 5.32 Å². The van der Waals surface area contributed by atoms with E-state index >= 15 is 0 Å². The third-order valence-corrected chi connectivity index (χ3v) is 2.58. The molecular formula is C12H26N2O2. The Morgan fingerprint density at radius 2 is 2.12 bits per heavy atom. The molecule has 0 amide bonds. The van der Waals surface area contributed by atoms with Gasteiger partial charge in [0.1, 0.15) is 6.61 Å². The molecule has 0 saturated carbocycles. The van der Waals surface area contributed by atoms with E-state index in [2.05, 4.69) is 19.2 Å². The number of ether oxygens (including phenoxy) is 1. The van der Waals surface area contributed by atoms with Gasteiger partial charge in [0.15, 0.2) is 0 Å². The van der Waals surface area contributed by atoms with E-state index in [0.717, 1.165) is 25.4 Å². The molecule has 0 aromatic carbocycles. The second kappa shape index (κ2) is 9.60. The predicted molar refractivity (Wildman–Crippen MR) is 66.5 cm³/mol. The van der Waals surface area contributed by atoms with Gasteiger partial charge < -0.3 is 15.0 Å². The first-order chi connectivity index (χ1) is 7.56. The van der Waals surface area contributed by atoms with Gasteiger partial charge in [-0.3, -0.25) is 4.79 Å². The van der Waals surface area contributed by atoms with Gasteiger partial charge in [-0.2, -0.15) is 0 Å². The highest BCUT2D eigenvalue weighted by atomic mass is 16.5. The Hall–Kier alpha value is -0.610. The minimum atomic E-state index is -0.161. The first-order valence-electron chi connectivity index (χ1n) is 6.07. The van der Waals surface area contributed by atoms with Crippen molar-refractivity contribution in [3.05, 3.63) is 0 Å². The van der Waals surface area contributed by atoms with E-state index in [9.17, 15) is 4.79 Å². The molecule has 4 nitrogen and oxygen atoms in total. The van der Waals surface area contributed by atoms with Crippen molar-refractivity contribution >= 4 is 5.97 Å². The third-order valence-electron chi connectivity index (χ3n) is 2.58. The molecule has 0 aliphatic heterocycles. The van der Waals surface area contributed by atoms with Gasteiger partial charge in [0.05, 0.1) is 6.54 Å². The molecule has 0 bridgehead atoms. The molecule has 4 heteroatoms. The van der Waals surface area contributed by atoms with Crippen LogP contribution in [0.2, 0.25) is 0 Å². The largest absolute Gasteiger partial charge is 0.463 e. The number of esters is 1. The van der Waals surface area contributed by atoms with Crippen molar-refractivity contribution < 1.29 is 9.53 Å². The zero-order valence-electron chi connectivity index (χ0n) is 11.1. The fourth-order valence-corrected chi connectivity index (χ4v) is 1.14. The van der Waals surface area contributed by atoms with Crippen LogP contribution in [-0.2, 0) is 9.53 Å². The Balaban J connectivity index is 3.30. The molecule has 0 aliphatic carbocycles. The maximum Gasteiger partial charge on any atom is 0.319 e. The van der Waals surface area contributed by atoms with Gasteiger partial charge in [-0.05, 0) is 33.0 Å². The molecule has 0 heterocycles. The summed E-state index contributed by atoms with van der Waals surface area (Å²) < 4.78 is 5.04. The summed E-state index contributed by atoms with van der Waals surface area (Å²) in [6.45, 7) is 6.86. The highest BCUT2D eigenvalue weighted by Crippen LogP contribution is 2.03. The normalized spacial score (nSPS) is 12.8. The summed E-state index contributed by atoms with van der Waals surface area (Å²) in [5.41, 5.74) is 0. The standard InChI is InChI=1S/C12H26N2O2/c1-5-11(2)6-7-13-10-12(15)16-9-8-14(3)4/h11,13H,5-10H2,1-4H3. The predicted octanol–water partition coefficient (Wildman–Crippen LogP) is 1.12. The SMILES string of the molecule is CCC(C)CCNCC(=O)OCCN(C)C. The fraction of sp³-hybridized carbons (Fsp3) is 0.917. The summed E-state index contributed by atoms with van der Waals surface area (Å²) in [6.07, 6.45) is 2.30. The minimum Gasteiger partial charge on any atom is -0.463 e. The van der Waals surface area contributed by atoms with Crippen molar-refractivity contribution in [1.29, 1.82) is 0 Å². The Kier molecular flexibility index (Phi) is 9.24. The molecule has 0 radical (unpaired) electrons. The smallest absolute Gasteiger partial charge is 0.319 e. The van der Waals surface area contributed by atoms with Crippen molar-refractivity contribution in [3.63, 3.8) is 0 Å². The van der Waals surface area contributed by atoms with E-state index < -0.39 is 0 Å². The van der Waals surface area contributed by atoms with Gasteiger partial charge in [0.2, 0.25) is 0 Å². The van der Waals surface area contributed by atoms with Crippen molar-refractivity contribution in [3.8, 4) is 0 Å². The number of hydrogen-bond acceptors (Lipinski definition) is 4. The molecule has 0 rings (SSSR count). The van der Waals surface area contributed by atoms with Crippen LogP contribution in [0.5, 0.6) is 0 Å². The zero-order valence-corrected chi connectivity index (χ0v) is 11.1. The number of nitrogens with one attached hydrogen (secondary N) is 1. The Bertz CT molecular complexity index is 184. The van der Waals surface area contributed by atoms with Crippen LogP contribution in [0, 0.1) is 5.92 Å². The quantitative estimate of drug-likeness (QED) is 0.476. The summed E-state index contributed by atoms with van der Waals surface area (Å²) in [5.74, 6) is 0.559. The molecule has 0 fully saturated rings. The average Bonchev–Trinajstić information content (AvgIpc) is 2.23. The zero-order chi connectivity index (χ0) is 12.4. The van der Waals surface area contributed by atoms with Gasteiger partial charge in [0.25, 0.3) is 0 Å². The van der Waals surface area contributed by atoms with Crippen LogP contribution in [0.25, 0.3) is 0 Å². The van der Waals surface area contributed by atoms with Crippen molar-refractivity contribution in [2.75, 3.05) is 40.3 Å². The Morgan fingerprint density at radius 3 is 2.69 bits per heavy atom. The first kappa shape index (κ1) is 15.4. The minimum absolute atomic E-state index is 0.161. The average molecular weight is 230 g/mol. The summed E-state index contributed by atoms with van der Waals surface area (Å²) in [4.78, 5) is 13.2. The van der Waals surface area contributed by atoms with Crippen LogP contribution in [0.15, 0.2) is 0 Å². The van der Waals surface area contributed by atoms with E-state index in [1.807, 2.05) is 19.0 Å². The number of rotatable bonds is 9. The van der Waals surface area contributed by atoms with Crippen LogP contribution in [-0.4, -0.2) is 51.2 Å². The molecule has 96 valence electrons. The Labute approximate surface area is 99.3 Å². The van der Waals surface area contributed by atoms with Crippen LogP contribution >= 0.6 is 0 Å². The number of carbonyl (C=O) groups is 1. The monoisotopic (exact) mass is 230 g/mol. The molecule has 0 spiro atoms. The lowest BCUT2D eigenvalue weighted by Crippen LogP contribution is -2.28. The first-order valence-corrected chi connectivity index (χ1v) is 6.07. The second-order valence-corrected chi connectivity index (χ2v) is 4.50. The topological polar surface area (TPSA) is 41.6 Å². The van der Waals surface area contributed by atoms with Gasteiger partial charge in [-0.1, -0.05) is 20.3 Å². The van der Waals surface area contributed by atoms with Crippen LogP contribution in [0.3, 0.4) is 0 Å². The van der Waals surface area contributed by atoms with Crippen molar-refractivity contribution in [2.24, 2.45) is 5.92 Å². The number of nitrogens with zero attached hydrogens (tertiary/aromatic N) is 1. The lowest BCUT2D eigenvalue weighted by Gasteiger charge is -2.11. The molecule has 0 aromatic heterocycles. The number of likely N-dealkylation sites (N-methyl/N-ethyl adjacent to an activating group) is 1. The highest BCUT2D eigenvalue weighted by Gasteiger charge is 2.03. The molecule has 16 heavy (non-hydrogen) atoms. The molecule has 1 atom stereocenters. The van der Waals surface area contributed by atoms with Crippen LogP contribution in [0.4, 0.5) is 0 Å². The molecular weight excluding hydrogens is 204 g/mol. The molecule has 1 N–H and O–H groups in total. The summed E-state index contributed by atoms with van der Waals surface area (Å²) in [7, 11) is 3.91. The number of carbonyl (C=O) groups excluding carboxylic acids is 1. The molecule has 1 unspecified atom stereocenters. The Morgan fingerprint density at radius 1 is 1.44 bits per heavy atom. The van der Waals surface area contributed by atoms with Gasteiger partial charge in [0, 0.05) is 6.54 Å². The van der Waals surface area contributed by atoms with E-state index in [-0.39, 0.29) is 5.97 Å². The van der Waals surface area contributed by atoms with Gasteiger partial charge >= 0.3 is 5.97 Å². The maximum atomic E-state index is 11.2. The molecule has 0 aliphatic rings. The van der Waals surface area contributed by atoms with Crippen molar-refractivity contribution in [1.82, 2.24) is 10.2 Å². The number of hydrogen-bond donors (Lipinski definition) is 1. The maximum absolute atomic E-state index is 11.2. The third kappa shape index (κ3) is 9.93. The molecule has 0 saturated heterocycles. The second-order valence-electron chi connectivity index (χ2n) is 4.50. The van der Waals surface area contributed by atoms with Gasteiger partial charge in [-0.15, -0.1) is 0 Å². The summed E-state index contributed by atoms with van der Waals surface area (Å²) in [6, 6.07) is 0. The van der Waals surface area contributed by atoms with E-state index in [1.54, 1.807) is 0 Å². The van der Waals surface area contributed by atoms with E-state index in [0.29, 0.717) is 13.2 Å².